The molecule has 0 spiro atoms. The molecule has 1 heterocycles. The number of benzene rings is 1. The molecule has 0 atom stereocenters. The molecule has 1 N–H and O–H groups in total. The first-order valence-electron chi connectivity index (χ1n) is 7.91. The molecule has 2 aromatic rings. The summed E-state index contributed by atoms with van der Waals surface area (Å²) < 4.78 is 15.9. The van der Waals surface area contributed by atoms with Gasteiger partial charge in [0.2, 0.25) is 16.8 Å². The highest BCUT2D eigenvalue weighted by Crippen LogP contribution is 2.38. The molecular formula is C18H23N3O4S. The van der Waals surface area contributed by atoms with Crippen molar-refractivity contribution in [2.75, 3.05) is 26.6 Å². The van der Waals surface area contributed by atoms with Crippen LogP contribution in [0.25, 0.3) is 6.08 Å². The quantitative estimate of drug-likeness (QED) is 0.776. The number of anilines is 1. The van der Waals surface area contributed by atoms with Crippen molar-refractivity contribution in [2.45, 2.75) is 26.2 Å². The lowest BCUT2D eigenvalue weighted by Gasteiger charge is -2.12. The molecule has 1 aromatic carbocycles. The number of amides is 1. The molecule has 1 aromatic heterocycles. The van der Waals surface area contributed by atoms with Crippen molar-refractivity contribution in [2.24, 2.45) is 0 Å². The largest absolute Gasteiger partial charge is 0.493 e. The average molecular weight is 377 g/mol. The lowest BCUT2D eigenvalue weighted by Crippen LogP contribution is -2.10. The van der Waals surface area contributed by atoms with Crippen LogP contribution in [0.3, 0.4) is 0 Å². The zero-order valence-electron chi connectivity index (χ0n) is 15.7. The van der Waals surface area contributed by atoms with E-state index in [-0.39, 0.29) is 11.3 Å². The van der Waals surface area contributed by atoms with E-state index in [9.17, 15) is 4.79 Å². The number of hydrogen-bond acceptors (Lipinski definition) is 7. The van der Waals surface area contributed by atoms with Gasteiger partial charge < -0.3 is 14.2 Å². The number of ether oxygens (including phenoxy) is 3. The van der Waals surface area contributed by atoms with Crippen LogP contribution in [0, 0.1) is 0 Å². The fourth-order valence-electron chi connectivity index (χ4n) is 2.09. The van der Waals surface area contributed by atoms with Crippen molar-refractivity contribution in [3.05, 3.63) is 28.8 Å². The number of carbonyl (C=O) groups is 1. The first-order valence-corrected chi connectivity index (χ1v) is 8.73. The van der Waals surface area contributed by atoms with Crippen molar-refractivity contribution < 1.29 is 19.0 Å². The van der Waals surface area contributed by atoms with Crippen LogP contribution in [0.4, 0.5) is 5.13 Å². The molecule has 0 radical (unpaired) electrons. The normalized spacial score (nSPS) is 11.5. The summed E-state index contributed by atoms with van der Waals surface area (Å²) in [5.41, 5.74) is 0.634. The average Bonchev–Trinajstić information content (AvgIpc) is 3.07. The minimum absolute atomic E-state index is 0.104. The van der Waals surface area contributed by atoms with Crippen molar-refractivity contribution in [3.63, 3.8) is 0 Å². The monoisotopic (exact) mass is 377 g/mol. The summed E-state index contributed by atoms with van der Waals surface area (Å²) in [5.74, 6) is 1.24. The molecule has 0 aliphatic rings. The molecule has 0 aliphatic heterocycles. The van der Waals surface area contributed by atoms with Crippen molar-refractivity contribution in [1.82, 2.24) is 10.2 Å². The molecule has 26 heavy (non-hydrogen) atoms. The van der Waals surface area contributed by atoms with Crippen LogP contribution in [0.5, 0.6) is 17.2 Å². The molecule has 0 saturated carbocycles. The summed E-state index contributed by atoms with van der Waals surface area (Å²) in [6, 6.07) is 3.52. The summed E-state index contributed by atoms with van der Waals surface area (Å²) >= 11 is 1.36. The molecule has 0 unspecified atom stereocenters. The van der Waals surface area contributed by atoms with Gasteiger partial charge in [-0.05, 0) is 23.8 Å². The highest BCUT2D eigenvalue weighted by atomic mass is 32.1. The van der Waals surface area contributed by atoms with E-state index in [0.29, 0.717) is 22.4 Å². The summed E-state index contributed by atoms with van der Waals surface area (Å²) in [6.07, 6.45) is 3.07. The third-order valence-corrected chi connectivity index (χ3v) is 4.68. The molecule has 140 valence electrons. The number of aromatic nitrogens is 2. The minimum atomic E-state index is -0.296. The molecule has 0 aliphatic carbocycles. The zero-order chi connectivity index (χ0) is 19.3. The van der Waals surface area contributed by atoms with Gasteiger partial charge in [0.1, 0.15) is 5.01 Å². The Balaban J connectivity index is 2.14. The first kappa shape index (κ1) is 19.7. The van der Waals surface area contributed by atoms with Crippen molar-refractivity contribution in [1.29, 1.82) is 0 Å². The van der Waals surface area contributed by atoms with Gasteiger partial charge in [0.15, 0.2) is 11.5 Å². The van der Waals surface area contributed by atoms with Gasteiger partial charge in [-0.25, -0.2) is 0 Å². The Kier molecular flexibility index (Phi) is 6.20. The summed E-state index contributed by atoms with van der Waals surface area (Å²) in [7, 11) is 4.62. The molecule has 2 rings (SSSR count). The maximum atomic E-state index is 12.1. The topological polar surface area (TPSA) is 82.6 Å². The smallest absolute Gasteiger partial charge is 0.250 e. The molecule has 0 fully saturated rings. The van der Waals surface area contributed by atoms with Crippen LogP contribution in [-0.2, 0) is 10.2 Å². The van der Waals surface area contributed by atoms with E-state index in [2.05, 4.69) is 15.5 Å². The van der Waals surface area contributed by atoms with Crippen molar-refractivity contribution in [3.8, 4) is 17.2 Å². The van der Waals surface area contributed by atoms with Crippen LogP contribution in [0.2, 0.25) is 0 Å². The predicted octanol–water partition coefficient (Wildman–Crippen LogP) is 3.51. The van der Waals surface area contributed by atoms with Gasteiger partial charge in [-0.3, -0.25) is 10.1 Å². The van der Waals surface area contributed by atoms with Gasteiger partial charge in [-0.2, -0.15) is 0 Å². The molecular weight excluding hydrogens is 354 g/mol. The van der Waals surface area contributed by atoms with Gasteiger partial charge in [-0.1, -0.05) is 32.1 Å². The Hall–Kier alpha value is -2.61. The Morgan fingerprint density at radius 2 is 1.69 bits per heavy atom. The van der Waals surface area contributed by atoms with Crippen LogP contribution in [-0.4, -0.2) is 37.4 Å². The number of methoxy groups -OCH3 is 3. The number of hydrogen-bond donors (Lipinski definition) is 1. The van der Waals surface area contributed by atoms with Gasteiger partial charge in [0.05, 0.1) is 21.3 Å². The highest BCUT2D eigenvalue weighted by Gasteiger charge is 2.19. The standard InChI is InChI=1S/C18H23N3O4S/c1-18(2,3)16-20-21-17(26-16)19-14(22)8-7-11-9-12(23-4)15(25-6)13(10-11)24-5/h7-10H,1-6H3,(H,19,21,22)/b8-7+. The van der Waals surface area contributed by atoms with Gasteiger partial charge >= 0.3 is 0 Å². The summed E-state index contributed by atoms with van der Waals surface area (Å²) in [4.78, 5) is 12.1. The molecule has 1 amide bonds. The van der Waals surface area contributed by atoms with E-state index in [0.717, 1.165) is 10.6 Å². The SMILES string of the molecule is COc1cc(/C=C/C(=O)Nc2nnc(C(C)(C)C)s2)cc(OC)c1OC. The summed E-state index contributed by atoms with van der Waals surface area (Å²) in [5, 5.41) is 12.2. The van der Waals surface area contributed by atoms with Crippen LogP contribution >= 0.6 is 11.3 Å². The minimum Gasteiger partial charge on any atom is -0.493 e. The third-order valence-electron chi connectivity index (χ3n) is 3.41. The number of nitrogens with zero attached hydrogens (tertiary/aromatic N) is 2. The first-order chi connectivity index (χ1) is 12.3. The number of carbonyl (C=O) groups excluding carboxylic acids is 1. The fourth-order valence-corrected chi connectivity index (χ4v) is 2.90. The Labute approximate surface area is 157 Å². The van der Waals surface area contributed by atoms with E-state index in [1.807, 2.05) is 20.8 Å². The second kappa shape index (κ2) is 8.18. The number of nitrogens with one attached hydrogen (secondary N) is 1. The van der Waals surface area contributed by atoms with Crippen molar-refractivity contribution >= 4 is 28.5 Å². The maximum Gasteiger partial charge on any atom is 0.250 e. The van der Waals surface area contributed by atoms with E-state index < -0.39 is 0 Å². The van der Waals surface area contributed by atoms with Crippen LogP contribution < -0.4 is 19.5 Å². The van der Waals surface area contributed by atoms with Gasteiger partial charge in [0, 0.05) is 11.5 Å². The Morgan fingerprint density at radius 3 is 2.15 bits per heavy atom. The second-order valence-corrected chi connectivity index (χ2v) is 7.42. The highest BCUT2D eigenvalue weighted by molar-refractivity contribution is 7.15. The van der Waals surface area contributed by atoms with Crippen LogP contribution in [0.1, 0.15) is 31.3 Å². The van der Waals surface area contributed by atoms with E-state index in [1.165, 1.54) is 24.5 Å². The molecule has 0 saturated heterocycles. The van der Waals surface area contributed by atoms with E-state index in [1.54, 1.807) is 32.4 Å². The molecule has 7 nitrogen and oxygen atoms in total. The number of rotatable bonds is 6. The Bertz CT molecular complexity index is 784. The second-order valence-electron chi connectivity index (χ2n) is 6.44. The maximum absolute atomic E-state index is 12.1. The van der Waals surface area contributed by atoms with Crippen LogP contribution in [0.15, 0.2) is 18.2 Å². The van der Waals surface area contributed by atoms with Gasteiger partial charge in [-0.15, -0.1) is 10.2 Å². The lowest BCUT2D eigenvalue weighted by atomic mass is 9.98. The third kappa shape index (κ3) is 4.72. The molecule has 8 heteroatoms. The van der Waals surface area contributed by atoms with E-state index >= 15 is 0 Å². The Morgan fingerprint density at radius 1 is 1.08 bits per heavy atom. The summed E-state index contributed by atoms with van der Waals surface area (Å²) in [6.45, 7) is 6.14. The zero-order valence-corrected chi connectivity index (χ0v) is 16.6. The predicted molar refractivity (Wildman–Crippen MR) is 102 cm³/mol. The molecule has 0 bridgehead atoms. The van der Waals surface area contributed by atoms with E-state index in [4.69, 9.17) is 14.2 Å². The lowest BCUT2D eigenvalue weighted by molar-refractivity contribution is -0.111. The fraction of sp³-hybridized carbons (Fsp3) is 0.389. The van der Waals surface area contributed by atoms with Gasteiger partial charge in [0.25, 0.3) is 0 Å².